The van der Waals surface area contributed by atoms with E-state index in [1.807, 2.05) is 7.05 Å². The van der Waals surface area contributed by atoms with Crippen molar-refractivity contribution in [3.05, 3.63) is 0 Å². The van der Waals surface area contributed by atoms with E-state index in [2.05, 4.69) is 36.0 Å². The maximum Gasteiger partial charge on any atom is 0.0280 e. The van der Waals surface area contributed by atoms with Crippen LogP contribution in [0.3, 0.4) is 0 Å². The summed E-state index contributed by atoms with van der Waals surface area (Å²) in [7, 11) is 4.34. The monoisotopic (exact) mass is 225 g/mol. The van der Waals surface area contributed by atoms with Crippen molar-refractivity contribution in [2.75, 3.05) is 33.7 Å². The third-order valence-corrected chi connectivity index (χ3v) is 4.33. The van der Waals surface area contributed by atoms with Gasteiger partial charge in [-0.2, -0.15) is 0 Å². The summed E-state index contributed by atoms with van der Waals surface area (Å²) in [6.07, 6.45) is 4.12. The number of nitrogens with zero attached hydrogens (tertiary/aromatic N) is 2. The van der Waals surface area contributed by atoms with Gasteiger partial charge in [-0.05, 0) is 53.8 Å². The summed E-state index contributed by atoms with van der Waals surface area (Å²) in [5.41, 5.74) is 0.333. The second-order valence-corrected chi connectivity index (χ2v) is 6.13. The van der Waals surface area contributed by atoms with E-state index >= 15 is 0 Å². The fourth-order valence-electron chi connectivity index (χ4n) is 2.87. The Bertz CT molecular complexity index is 235. The number of hydrogen-bond acceptors (Lipinski definition) is 3. The van der Waals surface area contributed by atoms with E-state index in [0.29, 0.717) is 5.54 Å². The lowest BCUT2D eigenvalue weighted by atomic mass is 9.94. The first-order chi connectivity index (χ1) is 7.54. The van der Waals surface area contributed by atoms with E-state index in [-0.39, 0.29) is 0 Å². The lowest BCUT2D eigenvalue weighted by Crippen LogP contribution is -2.63. The van der Waals surface area contributed by atoms with Crippen LogP contribution in [0.4, 0.5) is 0 Å². The van der Waals surface area contributed by atoms with Gasteiger partial charge in [0, 0.05) is 30.7 Å². The van der Waals surface area contributed by atoms with E-state index in [1.54, 1.807) is 0 Å². The van der Waals surface area contributed by atoms with Crippen molar-refractivity contribution >= 4 is 0 Å². The third kappa shape index (κ3) is 2.58. The number of piperazine rings is 1. The van der Waals surface area contributed by atoms with Crippen molar-refractivity contribution in [3.63, 3.8) is 0 Å². The van der Waals surface area contributed by atoms with Crippen LogP contribution in [-0.4, -0.2) is 61.2 Å². The van der Waals surface area contributed by atoms with Crippen molar-refractivity contribution in [1.29, 1.82) is 0 Å². The van der Waals surface area contributed by atoms with Gasteiger partial charge in [0.05, 0.1) is 0 Å². The summed E-state index contributed by atoms with van der Waals surface area (Å²) >= 11 is 0. The Morgan fingerprint density at radius 3 is 2.56 bits per heavy atom. The summed E-state index contributed by atoms with van der Waals surface area (Å²) in [5.74, 6) is 0. The maximum atomic E-state index is 3.28. The second-order valence-electron chi connectivity index (χ2n) is 6.13. The molecule has 3 heteroatoms. The lowest BCUT2D eigenvalue weighted by molar-refractivity contribution is -0.0125. The quantitative estimate of drug-likeness (QED) is 0.774. The highest BCUT2D eigenvalue weighted by Gasteiger charge is 2.41. The highest BCUT2D eigenvalue weighted by atomic mass is 15.3. The molecule has 1 N–H and O–H groups in total. The molecule has 0 bridgehead atoms. The summed E-state index contributed by atoms with van der Waals surface area (Å²) in [4.78, 5) is 5.31. The molecule has 0 aromatic rings. The largest absolute Gasteiger partial charge is 0.320 e. The molecular weight excluding hydrogens is 198 g/mol. The topological polar surface area (TPSA) is 18.5 Å². The fourth-order valence-corrected chi connectivity index (χ4v) is 2.87. The van der Waals surface area contributed by atoms with Gasteiger partial charge in [0.2, 0.25) is 0 Å². The highest BCUT2D eigenvalue weighted by molar-refractivity contribution is 4.98. The molecule has 16 heavy (non-hydrogen) atoms. The average Bonchev–Trinajstić information content (AvgIpc) is 3.03. The Morgan fingerprint density at radius 2 is 2.00 bits per heavy atom. The zero-order valence-electron chi connectivity index (χ0n) is 11.3. The van der Waals surface area contributed by atoms with Crippen molar-refractivity contribution in [3.8, 4) is 0 Å². The maximum absolute atomic E-state index is 3.28. The minimum absolute atomic E-state index is 0.333. The standard InChI is InChI=1S/C13H27N3/c1-13(2)10-16(11-5-6-11)9-12(15(13)4)7-8-14-3/h11-12,14H,5-10H2,1-4H3. The van der Waals surface area contributed by atoms with Crippen LogP contribution in [0.15, 0.2) is 0 Å². The molecule has 0 aromatic heterocycles. The van der Waals surface area contributed by atoms with E-state index in [4.69, 9.17) is 0 Å². The van der Waals surface area contributed by atoms with Gasteiger partial charge in [0.1, 0.15) is 0 Å². The van der Waals surface area contributed by atoms with Gasteiger partial charge in [0.15, 0.2) is 0 Å². The van der Waals surface area contributed by atoms with Gasteiger partial charge < -0.3 is 5.32 Å². The summed E-state index contributed by atoms with van der Waals surface area (Å²) < 4.78 is 0. The molecule has 2 fully saturated rings. The van der Waals surface area contributed by atoms with Crippen LogP contribution in [-0.2, 0) is 0 Å². The molecule has 94 valence electrons. The summed E-state index contributed by atoms with van der Waals surface area (Å²) in [5, 5.41) is 3.28. The van der Waals surface area contributed by atoms with Crippen LogP contribution in [0.5, 0.6) is 0 Å². The Kier molecular flexibility index (Phi) is 3.57. The number of rotatable bonds is 4. The minimum atomic E-state index is 0.333. The highest BCUT2D eigenvalue weighted by Crippen LogP contribution is 2.33. The normalized spacial score (nSPS) is 31.9. The van der Waals surface area contributed by atoms with Gasteiger partial charge in [0.25, 0.3) is 0 Å². The van der Waals surface area contributed by atoms with Crippen LogP contribution in [0.1, 0.15) is 33.1 Å². The minimum Gasteiger partial charge on any atom is -0.320 e. The predicted octanol–water partition coefficient (Wildman–Crippen LogP) is 1.15. The lowest BCUT2D eigenvalue weighted by Gasteiger charge is -2.50. The first kappa shape index (κ1) is 12.3. The van der Waals surface area contributed by atoms with E-state index in [9.17, 15) is 0 Å². The van der Waals surface area contributed by atoms with Gasteiger partial charge in [-0.3, -0.25) is 9.80 Å². The third-order valence-electron chi connectivity index (χ3n) is 4.33. The molecular formula is C13H27N3. The van der Waals surface area contributed by atoms with Crippen LogP contribution in [0.25, 0.3) is 0 Å². The van der Waals surface area contributed by atoms with Gasteiger partial charge in [-0.25, -0.2) is 0 Å². The molecule has 3 nitrogen and oxygen atoms in total. The molecule has 1 saturated carbocycles. The van der Waals surface area contributed by atoms with Crippen molar-refractivity contribution < 1.29 is 0 Å². The van der Waals surface area contributed by atoms with Gasteiger partial charge in [-0.1, -0.05) is 0 Å². The number of hydrogen-bond donors (Lipinski definition) is 1. The molecule has 1 atom stereocenters. The van der Waals surface area contributed by atoms with Gasteiger partial charge >= 0.3 is 0 Å². The zero-order chi connectivity index (χ0) is 11.8. The molecule has 1 heterocycles. The zero-order valence-corrected chi connectivity index (χ0v) is 11.3. The summed E-state index contributed by atoms with van der Waals surface area (Å²) in [6, 6.07) is 1.63. The van der Waals surface area contributed by atoms with Crippen LogP contribution < -0.4 is 5.32 Å². The molecule has 2 rings (SSSR count). The fraction of sp³-hybridized carbons (Fsp3) is 1.00. The number of nitrogens with one attached hydrogen (secondary N) is 1. The Morgan fingerprint density at radius 1 is 1.31 bits per heavy atom. The molecule has 0 amide bonds. The molecule has 1 aliphatic heterocycles. The van der Waals surface area contributed by atoms with E-state index in [0.717, 1.165) is 18.6 Å². The molecule has 2 aliphatic rings. The number of likely N-dealkylation sites (N-methyl/N-ethyl adjacent to an activating group) is 1. The van der Waals surface area contributed by atoms with Crippen LogP contribution in [0, 0.1) is 0 Å². The van der Waals surface area contributed by atoms with Crippen molar-refractivity contribution in [1.82, 2.24) is 15.1 Å². The van der Waals surface area contributed by atoms with E-state index < -0.39 is 0 Å². The van der Waals surface area contributed by atoms with Gasteiger partial charge in [-0.15, -0.1) is 0 Å². The average molecular weight is 225 g/mol. The predicted molar refractivity (Wildman–Crippen MR) is 68.8 cm³/mol. The summed E-state index contributed by atoms with van der Waals surface area (Å²) in [6.45, 7) is 8.40. The Hall–Kier alpha value is -0.120. The van der Waals surface area contributed by atoms with E-state index in [1.165, 1.54) is 32.4 Å². The first-order valence-electron chi connectivity index (χ1n) is 6.66. The van der Waals surface area contributed by atoms with Crippen LogP contribution >= 0.6 is 0 Å². The Balaban J connectivity index is 1.98. The first-order valence-corrected chi connectivity index (χ1v) is 6.66. The molecule has 1 aliphatic carbocycles. The molecule has 0 aromatic carbocycles. The second kappa shape index (κ2) is 4.63. The molecule has 0 spiro atoms. The Labute approximate surface area is 100 Å². The molecule has 1 unspecified atom stereocenters. The smallest absolute Gasteiger partial charge is 0.0280 e. The molecule has 1 saturated heterocycles. The van der Waals surface area contributed by atoms with Crippen LogP contribution in [0.2, 0.25) is 0 Å². The SMILES string of the molecule is CNCCC1CN(C2CC2)CC(C)(C)N1C. The van der Waals surface area contributed by atoms with Crippen molar-refractivity contribution in [2.45, 2.75) is 50.7 Å². The van der Waals surface area contributed by atoms with Crippen molar-refractivity contribution in [2.24, 2.45) is 0 Å². The molecule has 0 radical (unpaired) electrons.